The number of phenolic OH excluding ortho intramolecular Hbond substituents is 1. The first-order valence-electron chi connectivity index (χ1n) is 5.43. The standard InChI is InChI=1S/C12H14ClNO2/c13-10-7-9(15)4-5-11(10)14-12(16)6-8-2-1-3-8/h4-5,7-8,15H,1-3,6H2,(H,14,16). The summed E-state index contributed by atoms with van der Waals surface area (Å²) in [6, 6.07) is 4.53. The molecule has 4 heteroatoms. The minimum atomic E-state index is -0.00251. The fraction of sp³-hybridized carbons (Fsp3) is 0.417. The topological polar surface area (TPSA) is 49.3 Å². The molecule has 3 nitrogen and oxygen atoms in total. The van der Waals surface area contributed by atoms with Gasteiger partial charge in [-0.25, -0.2) is 0 Å². The van der Waals surface area contributed by atoms with Crippen molar-refractivity contribution >= 4 is 23.2 Å². The lowest BCUT2D eigenvalue weighted by atomic mass is 9.83. The average Bonchev–Trinajstić information content (AvgIpc) is 2.16. The van der Waals surface area contributed by atoms with Gasteiger partial charge in [0.15, 0.2) is 0 Å². The Bertz CT molecular complexity index is 402. The summed E-state index contributed by atoms with van der Waals surface area (Å²) in [6.45, 7) is 0. The van der Waals surface area contributed by atoms with Crippen molar-refractivity contribution in [3.8, 4) is 5.75 Å². The van der Waals surface area contributed by atoms with Gasteiger partial charge >= 0.3 is 0 Å². The molecule has 1 aromatic carbocycles. The number of halogens is 1. The highest BCUT2D eigenvalue weighted by Gasteiger charge is 2.20. The van der Waals surface area contributed by atoms with Crippen molar-refractivity contribution in [2.24, 2.45) is 5.92 Å². The van der Waals surface area contributed by atoms with Crippen molar-refractivity contribution in [2.75, 3.05) is 5.32 Å². The molecule has 1 aliphatic rings. The Morgan fingerprint density at radius 1 is 1.50 bits per heavy atom. The van der Waals surface area contributed by atoms with E-state index in [1.165, 1.54) is 18.6 Å². The highest BCUT2D eigenvalue weighted by Crippen LogP contribution is 2.30. The van der Waals surface area contributed by atoms with Crippen molar-refractivity contribution in [3.63, 3.8) is 0 Å². The van der Waals surface area contributed by atoms with Gasteiger partial charge in [-0.05, 0) is 30.9 Å². The molecule has 0 unspecified atom stereocenters. The number of hydrogen-bond donors (Lipinski definition) is 2. The van der Waals surface area contributed by atoms with E-state index >= 15 is 0 Å². The maximum atomic E-state index is 11.6. The van der Waals surface area contributed by atoms with E-state index in [4.69, 9.17) is 16.7 Å². The molecule has 16 heavy (non-hydrogen) atoms. The average molecular weight is 240 g/mol. The zero-order valence-corrected chi connectivity index (χ0v) is 9.63. The summed E-state index contributed by atoms with van der Waals surface area (Å²) >= 11 is 5.88. The first kappa shape index (κ1) is 11.3. The molecular weight excluding hydrogens is 226 g/mol. The molecule has 1 saturated carbocycles. The van der Waals surface area contributed by atoms with Crippen molar-refractivity contribution in [1.82, 2.24) is 0 Å². The van der Waals surface area contributed by atoms with Crippen LogP contribution in [0.1, 0.15) is 25.7 Å². The number of carbonyl (C=O) groups excluding carboxylic acids is 1. The molecule has 0 aromatic heterocycles. The van der Waals surface area contributed by atoms with E-state index < -0.39 is 0 Å². The van der Waals surface area contributed by atoms with Crippen LogP contribution in [0.5, 0.6) is 5.75 Å². The van der Waals surface area contributed by atoms with Gasteiger partial charge < -0.3 is 10.4 Å². The SMILES string of the molecule is O=C(CC1CCC1)Nc1ccc(O)cc1Cl. The second-order valence-corrected chi connectivity index (χ2v) is 4.62. The molecule has 1 aromatic rings. The van der Waals surface area contributed by atoms with Crippen LogP contribution in [0.3, 0.4) is 0 Å². The van der Waals surface area contributed by atoms with Crippen LogP contribution in [0.15, 0.2) is 18.2 Å². The van der Waals surface area contributed by atoms with Gasteiger partial charge in [0.25, 0.3) is 0 Å². The smallest absolute Gasteiger partial charge is 0.224 e. The van der Waals surface area contributed by atoms with Gasteiger partial charge in [0.2, 0.25) is 5.91 Å². The highest BCUT2D eigenvalue weighted by atomic mass is 35.5. The van der Waals surface area contributed by atoms with Crippen molar-refractivity contribution in [1.29, 1.82) is 0 Å². The molecule has 0 bridgehead atoms. The molecule has 0 atom stereocenters. The number of benzene rings is 1. The number of aromatic hydroxyl groups is 1. The zero-order chi connectivity index (χ0) is 11.5. The Kier molecular flexibility index (Phi) is 3.34. The van der Waals surface area contributed by atoms with E-state index in [1.807, 2.05) is 0 Å². The quantitative estimate of drug-likeness (QED) is 0.796. The normalized spacial score (nSPS) is 15.6. The molecule has 1 aliphatic carbocycles. The fourth-order valence-corrected chi connectivity index (χ4v) is 1.99. The summed E-state index contributed by atoms with van der Waals surface area (Å²) < 4.78 is 0. The molecule has 0 heterocycles. The molecule has 2 N–H and O–H groups in total. The Balaban J connectivity index is 1.94. The molecule has 1 fully saturated rings. The second-order valence-electron chi connectivity index (χ2n) is 4.21. The lowest BCUT2D eigenvalue weighted by Crippen LogP contribution is -2.20. The Hall–Kier alpha value is -1.22. The number of carbonyl (C=O) groups is 1. The third kappa shape index (κ3) is 2.67. The summed E-state index contributed by atoms with van der Waals surface area (Å²) in [6.07, 6.45) is 4.10. The summed E-state index contributed by atoms with van der Waals surface area (Å²) in [5, 5.41) is 12.3. The first-order chi connectivity index (χ1) is 7.65. The predicted molar refractivity (Wildman–Crippen MR) is 63.7 cm³/mol. The van der Waals surface area contributed by atoms with Gasteiger partial charge in [-0.1, -0.05) is 18.0 Å². The molecule has 86 valence electrons. The molecular formula is C12H14ClNO2. The van der Waals surface area contributed by atoms with Crippen LogP contribution in [0.25, 0.3) is 0 Å². The van der Waals surface area contributed by atoms with Gasteiger partial charge in [0, 0.05) is 12.5 Å². The van der Waals surface area contributed by atoms with Crippen molar-refractivity contribution < 1.29 is 9.90 Å². The second kappa shape index (κ2) is 4.74. The van der Waals surface area contributed by atoms with Gasteiger partial charge in [-0.15, -0.1) is 0 Å². The monoisotopic (exact) mass is 239 g/mol. The largest absolute Gasteiger partial charge is 0.508 e. The maximum absolute atomic E-state index is 11.6. The first-order valence-corrected chi connectivity index (χ1v) is 5.81. The van der Waals surface area contributed by atoms with Gasteiger partial charge in [0.05, 0.1) is 10.7 Å². The van der Waals surface area contributed by atoms with E-state index in [1.54, 1.807) is 6.07 Å². The van der Waals surface area contributed by atoms with Crippen molar-refractivity contribution in [2.45, 2.75) is 25.7 Å². The molecule has 1 amide bonds. The summed E-state index contributed by atoms with van der Waals surface area (Å²) in [4.78, 5) is 11.6. The molecule has 0 radical (unpaired) electrons. The van der Waals surface area contributed by atoms with Crippen LogP contribution in [0.4, 0.5) is 5.69 Å². The van der Waals surface area contributed by atoms with Crippen LogP contribution in [-0.4, -0.2) is 11.0 Å². The third-order valence-electron chi connectivity index (χ3n) is 2.93. The number of phenols is 1. The van der Waals surface area contributed by atoms with Crippen LogP contribution < -0.4 is 5.32 Å². The molecule has 0 spiro atoms. The zero-order valence-electron chi connectivity index (χ0n) is 8.87. The minimum absolute atomic E-state index is 0.00251. The number of anilines is 1. The summed E-state index contributed by atoms with van der Waals surface area (Å²) in [5.41, 5.74) is 0.559. The molecule has 0 aliphatic heterocycles. The fourth-order valence-electron chi connectivity index (χ4n) is 1.77. The number of hydrogen-bond acceptors (Lipinski definition) is 2. The van der Waals surface area contributed by atoms with E-state index in [0.29, 0.717) is 23.0 Å². The third-order valence-corrected chi connectivity index (χ3v) is 3.24. The maximum Gasteiger partial charge on any atom is 0.224 e. The Morgan fingerprint density at radius 2 is 2.25 bits per heavy atom. The van der Waals surface area contributed by atoms with Gasteiger partial charge in [-0.2, -0.15) is 0 Å². The number of nitrogens with one attached hydrogen (secondary N) is 1. The highest BCUT2D eigenvalue weighted by molar-refractivity contribution is 6.33. The summed E-state index contributed by atoms with van der Waals surface area (Å²) in [7, 11) is 0. The minimum Gasteiger partial charge on any atom is -0.508 e. The number of rotatable bonds is 3. The van der Waals surface area contributed by atoms with Crippen LogP contribution >= 0.6 is 11.6 Å². The predicted octanol–water partition coefficient (Wildman–Crippen LogP) is 3.17. The van der Waals surface area contributed by atoms with E-state index in [-0.39, 0.29) is 11.7 Å². The van der Waals surface area contributed by atoms with E-state index in [9.17, 15) is 4.79 Å². The van der Waals surface area contributed by atoms with E-state index in [0.717, 1.165) is 12.8 Å². The Labute approximate surface area is 99.4 Å². The van der Waals surface area contributed by atoms with Crippen LogP contribution in [-0.2, 0) is 4.79 Å². The van der Waals surface area contributed by atoms with E-state index in [2.05, 4.69) is 5.32 Å². The summed E-state index contributed by atoms with van der Waals surface area (Å²) in [5.74, 6) is 0.634. The van der Waals surface area contributed by atoms with Crippen molar-refractivity contribution in [3.05, 3.63) is 23.2 Å². The Morgan fingerprint density at radius 3 is 2.81 bits per heavy atom. The number of amides is 1. The lowest BCUT2D eigenvalue weighted by molar-refractivity contribution is -0.117. The van der Waals surface area contributed by atoms with Crippen LogP contribution in [0, 0.1) is 5.92 Å². The van der Waals surface area contributed by atoms with Gasteiger partial charge in [-0.3, -0.25) is 4.79 Å². The molecule has 0 saturated heterocycles. The van der Waals surface area contributed by atoms with Gasteiger partial charge in [0.1, 0.15) is 5.75 Å². The molecule has 2 rings (SSSR count). The lowest BCUT2D eigenvalue weighted by Gasteiger charge is -2.24. The van der Waals surface area contributed by atoms with Crippen LogP contribution in [0.2, 0.25) is 5.02 Å².